The lowest BCUT2D eigenvalue weighted by Crippen LogP contribution is -2.35. The zero-order chi connectivity index (χ0) is 17.3. The van der Waals surface area contributed by atoms with E-state index in [1.54, 1.807) is 36.4 Å². The molecule has 0 atom stereocenters. The minimum atomic E-state index is -4.04. The Morgan fingerprint density at radius 3 is 2.32 bits per heavy atom. The van der Waals surface area contributed by atoms with Crippen LogP contribution in [0.3, 0.4) is 0 Å². The molecule has 0 bridgehead atoms. The second-order valence-corrected chi connectivity index (χ2v) is 6.80. The average Bonchev–Trinajstić information content (AvgIpc) is 2.76. The SMILES string of the molecule is Cl.NCC=CCN1c2ccccc2N(c2ccc(F)cc2F)S1(=O)=O. The Morgan fingerprint density at radius 2 is 1.68 bits per heavy atom. The van der Waals surface area contributed by atoms with Gasteiger partial charge in [-0.25, -0.2) is 17.4 Å². The lowest BCUT2D eigenvalue weighted by Gasteiger charge is -2.21. The molecule has 0 amide bonds. The van der Waals surface area contributed by atoms with Crippen LogP contribution < -0.4 is 14.3 Å². The first-order chi connectivity index (χ1) is 11.5. The molecule has 1 aliphatic rings. The van der Waals surface area contributed by atoms with Crippen LogP contribution in [-0.2, 0) is 10.2 Å². The number of rotatable bonds is 4. The first-order valence-corrected chi connectivity index (χ1v) is 8.58. The van der Waals surface area contributed by atoms with E-state index >= 15 is 0 Å². The summed E-state index contributed by atoms with van der Waals surface area (Å²) in [5.41, 5.74) is 5.88. The van der Waals surface area contributed by atoms with Crippen molar-refractivity contribution in [2.45, 2.75) is 0 Å². The maximum atomic E-state index is 14.2. The lowest BCUT2D eigenvalue weighted by molar-refractivity contribution is 0.579. The fourth-order valence-corrected chi connectivity index (χ4v) is 4.23. The van der Waals surface area contributed by atoms with Crippen LogP contribution in [0.15, 0.2) is 54.6 Å². The van der Waals surface area contributed by atoms with Gasteiger partial charge >= 0.3 is 10.2 Å². The molecule has 9 heteroatoms. The molecule has 0 aromatic heterocycles. The zero-order valence-electron chi connectivity index (χ0n) is 13.0. The summed E-state index contributed by atoms with van der Waals surface area (Å²) in [5.74, 6) is -1.73. The number of nitrogens with zero attached hydrogens (tertiary/aromatic N) is 2. The molecule has 0 radical (unpaired) electrons. The van der Waals surface area contributed by atoms with E-state index in [0.717, 1.165) is 20.7 Å². The monoisotopic (exact) mass is 387 g/mol. The van der Waals surface area contributed by atoms with Gasteiger partial charge in [-0.3, -0.25) is 0 Å². The molecule has 2 N–H and O–H groups in total. The quantitative estimate of drug-likeness (QED) is 0.820. The Morgan fingerprint density at radius 1 is 1.00 bits per heavy atom. The van der Waals surface area contributed by atoms with Crippen LogP contribution in [0.2, 0.25) is 0 Å². The Bertz CT molecular complexity index is 906. The summed E-state index contributed by atoms with van der Waals surface area (Å²) in [6.45, 7) is 0.349. The molecule has 2 aromatic carbocycles. The summed E-state index contributed by atoms with van der Waals surface area (Å²) in [7, 11) is -4.04. The van der Waals surface area contributed by atoms with Gasteiger partial charge in [-0.2, -0.15) is 8.42 Å². The van der Waals surface area contributed by atoms with Crippen molar-refractivity contribution in [3.05, 3.63) is 66.3 Å². The number of benzene rings is 2. The highest BCUT2D eigenvalue weighted by Crippen LogP contribution is 2.45. The van der Waals surface area contributed by atoms with Gasteiger partial charge in [-0.05, 0) is 24.3 Å². The third-order valence-electron chi connectivity index (χ3n) is 3.58. The van der Waals surface area contributed by atoms with Crippen LogP contribution >= 0.6 is 12.4 Å². The molecule has 0 fully saturated rings. The van der Waals surface area contributed by atoms with E-state index in [9.17, 15) is 17.2 Å². The normalized spacial score (nSPS) is 15.3. The number of hydrogen-bond acceptors (Lipinski definition) is 3. The van der Waals surface area contributed by atoms with Crippen molar-refractivity contribution in [3.63, 3.8) is 0 Å². The average molecular weight is 388 g/mol. The topological polar surface area (TPSA) is 66.6 Å². The standard InChI is InChI=1S/C16H15F2N3O2S.ClH/c17-12-7-8-14(13(18)11-12)21-16-6-2-1-5-15(16)20(24(21,22)23)10-4-3-9-19;/h1-8,11H,9-10,19H2;1H. The highest BCUT2D eigenvalue weighted by atomic mass is 35.5. The van der Waals surface area contributed by atoms with Gasteiger partial charge in [0, 0.05) is 12.6 Å². The summed E-state index contributed by atoms with van der Waals surface area (Å²) in [4.78, 5) is 0. The molecule has 0 unspecified atom stereocenters. The fourth-order valence-electron chi connectivity index (χ4n) is 2.55. The van der Waals surface area contributed by atoms with Gasteiger partial charge in [-0.1, -0.05) is 24.3 Å². The van der Waals surface area contributed by atoms with E-state index in [1.807, 2.05) is 0 Å². The number of anilines is 3. The van der Waals surface area contributed by atoms with E-state index in [0.29, 0.717) is 17.4 Å². The van der Waals surface area contributed by atoms with Crippen molar-refractivity contribution < 1.29 is 17.2 Å². The summed E-state index contributed by atoms with van der Waals surface area (Å²) in [6, 6.07) is 9.34. The maximum Gasteiger partial charge on any atom is 0.331 e. The molecule has 0 saturated carbocycles. The van der Waals surface area contributed by atoms with Crippen molar-refractivity contribution in [3.8, 4) is 0 Å². The fraction of sp³-hybridized carbons (Fsp3) is 0.125. The van der Waals surface area contributed by atoms with Gasteiger partial charge in [0.05, 0.1) is 23.6 Å². The molecule has 134 valence electrons. The van der Waals surface area contributed by atoms with Crippen molar-refractivity contribution in [1.29, 1.82) is 0 Å². The predicted octanol–water partition coefficient (Wildman–Crippen LogP) is 3.10. The van der Waals surface area contributed by atoms with Gasteiger partial charge in [0.25, 0.3) is 0 Å². The number of fused-ring (bicyclic) bond motifs is 1. The van der Waals surface area contributed by atoms with Crippen LogP contribution in [-0.4, -0.2) is 21.5 Å². The van der Waals surface area contributed by atoms with Crippen LogP contribution in [0.1, 0.15) is 0 Å². The van der Waals surface area contributed by atoms with Crippen LogP contribution in [0.25, 0.3) is 0 Å². The van der Waals surface area contributed by atoms with E-state index in [4.69, 9.17) is 5.73 Å². The van der Waals surface area contributed by atoms with E-state index < -0.39 is 21.8 Å². The number of nitrogens with two attached hydrogens (primary N) is 1. The van der Waals surface area contributed by atoms with Crippen LogP contribution in [0.4, 0.5) is 25.8 Å². The van der Waals surface area contributed by atoms with Crippen molar-refractivity contribution in [1.82, 2.24) is 0 Å². The Balaban J connectivity index is 0.00000225. The molecule has 1 aliphatic heterocycles. The van der Waals surface area contributed by atoms with Gasteiger partial charge in [0.15, 0.2) is 5.82 Å². The second kappa shape index (κ2) is 7.38. The van der Waals surface area contributed by atoms with E-state index in [1.165, 1.54) is 0 Å². The molecule has 25 heavy (non-hydrogen) atoms. The zero-order valence-corrected chi connectivity index (χ0v) is 14.6. The molecule has 0 spiro atoms. The van der Waals surface area contributed by atoms with Gasteiger partial charge in [-0.15, -0.1) is 12.4 Å². The molecule has 5 nitrogen and oxygen atoms in total. The molecule has 0 saturated heterocycles. The highest BCUT2D eigenvalue weighted by Gasteiger charge is 2.41. The molecule has 1 heterocycles. The van der Waals surface area contributed by atoms with Crippen molar-refractivity contribution >= 4 is 39.7 Å². The second-order valence-electron chi connectivity index (χ2n) is 5.09. The lowest BCUT2D eigenvalue weighted by atomic mass is 10.2. The predicted molar refractivity (Wildman–Crippen MR) is 96.6 cm³/mol. The smallest absolute Gasteiger partial charge is 0.327 e. The first kappa shape index (κ1) is 19.2. The summed E-state index contributed by atoms with van der Waals surface area (Å²) in [5, 5.41) is 0. The Labute approximate surface area is 150 Å². The van der Waals surface area contributed by atoms with E-state index in [2.05, 4.69) is 0 Å². The third kappa shape index (κ3) is 3.33. The summed E-state index contributed by atoms with van der Waals surface area (Å²) < 4.78 is 55.2. The summed E-state index contributed by atoms with van der Waals surface area (Å²) >= 11 is 0. The molecular weight excluding hydrogens is 372 g/mol. The first-order valence-electron chi connectivity index (χ1n) is 7.19. The summed E-state index contributed by atoms with van der Waals surface area (Å²) in [6.07, 6.45) is 3.26. The van der Waals surface area contributed by atoms with Crippen molar-refractivity contribution in [2.75, 3.05) is 21.7 Å². The molecule has 0 aliphatic carbocycles. The largest absolute Gasteiger partial charge is 0.331 e. The van der Waals surface area contributed by atoms with Crippen molar-refractivity contribution in [2.24, 2.45) is 5.73 Å². The minimum absolute atomic E-state index is 0. The Hall–Kier alpha value is -2.16. The van der Waals surface area contributed by atoms with Gasteiger partial charge in [0.2, 0.25) is 0 Å². The number of hydrogen-bond donors (Lipinski definition) is 1. The maximum absolute atomic E-state index is 14.2. The third-order valence-corrected chi connectivity index (χ3v) is 5.34. The molecule has 2 aromatic rings. The van der Waals surface area contributed by atoms with Gasteiger partial charge in [0.1, 0.15) is 5.82 Å². The number of para-hydroxylation sites is 2. The highest BCUT2D eigenvalue weighted by molar-refractivity contribution is 7.95. The minimum Gasteiger partial charge on any atom is -0.327 e. The Kier molecular flexibility index (Phi) is 5.66. The van der Waals surface area contributed by atoms with Gasteiger partial charge < -0.3 is 5.73 Å². The molecular formula is C16H16ClF2N3O2S. The van der Waals surface area contributed by atoms with E-state index in [-0.39, 0.29) is 31.2 Å². The van der Waals surface area contributed by atoms with Crippen LogP contribution in [0, 0.1) is 11.6 Å². The number of halogens is 3. The van der Waals surface area contributed by atoms with Crippen LogP contribution in [0.5, 0.6) is 0 Å². The molecule has 3 rings (SSSR count).